The molecule has 7 nitrogen and oxygen atoms in total. The number of amides is 2. The van der Waals surface area contributed by atoms with Gasteiger partial charge in [0.25, 0.3) is 5.91 Å². The highest BCUT2D eigenvalue weighted by molar-refractivity contribution is 5.96. The maximum absolute atomic E-state index is 12.9. The third kappa shape index (κ3) is 4.36. The average Bonchev–Trinajstić information content (AvgIpc) is 3.12. The number of fused-ring (bicyclic) bond motifs is 1. The summed E-state index contributed by atoms with van der Waals surface area (Å²) in [5.41, 5.74) is 6.28. The van der Waals surface area contributed by atoms with Crippen molar-refractivity contribution in [2.24, 2.45) is 0 Å². The lowest BCUT2D eigenvalue weighted by Gasteiger charge is -2.39. The van der Waals surface area contributed by atoms with Crippen LogP contribution in [0.25, 0.3) is 0 Å². The number of hydrazine groups is 1. The highest BCUT2D eigenvalue weighted by Gasteiger charge is 2.39. The molecule has 1 aromatic rings. The Morgan fingerprint density at radius 3 is 2.71 bits per heavy atom. The van der Waals surface area contributed by atoms with Crippen LogP contribution < -0.4 is 10.7 Å². The largest absolute Gasteiger partial charge is 0.394 e. The minimum absolute atomic E-state index is 0.00374. The standard InChI is InChI=1S/C21H30N4O3/c1-4-5-17(13-26)22-20(27)12-24-11-15(3)25-19(21(24)28)10-18(23-25)16-8-6-14(2)7-9-16/h6-10,15,17-18,23,26H,4-5,11-13H2,1-3H3,(H,22,27). The number of aliphatic hydroxyl groups is 1. The van der Waals surface area contributed by atoms with Crippen molar-refractivity contribution in [3.8, 4) is 0 Å². The molecule has 1 aromatic carbocycles. The number of aliphatic hydroxyl groups excluding tert-OH is 1. The molecule has 0 aromatic heterocycles. The number of aryl methyl sites for hydroxylation is 1. The number of hydrogen-bond donors (Lipinski definition) is 3. The molecule has 1 saturated heterocycles. The second-order valence-corrected chi connectivity index (χ2v) is 7.71. The molecule has 3 rings (SSSR count). The number of rotatable bonds is 7. The molecule has 1 fully saturated rings. The van der Waals surface area contributed by atoms with Gasteiger partial charge in [0.2, 0.25) is 5.91 Å². The van der Waals surface area contributed by atoms with Crippen molar-refractivity contribution in [3.63, 3.8) is 0 Å². The molecule has 0 spiro atoms. The number of hydrogen-bond acceptors (Lipinski definition) is 5. The molecular weight excluding hydrogens is 356 g/mol. The first-order valence-electron chi connectivity index (χ1n) is 9.96. The van der Waals surface area contributed by atoms with Gasteiger partial charge in [-0.15, -0.1) is 0 Å². The van der Waals surface area contributed by atoms with Gasteiger partial charge in [0.15, 0.2) is 0 Å². The maximum Gasteiger partial charge on any atom is 0.271 e. The van der Waals surface area contributed by atoms with Gasteiger partial charge in [0.05, 0.1) is 31.3 Å². The minimum Gasteiger partial charge on any atom is -0.394 e. The average molecular weight is 386 g/mol. The highest BCUT2D eigenvalue weighted by Crippen LogP contribution is 2.30. The summed E-state index contributed by atoms with van der Waals surface area (Å²) >= 11 is 0. The zero-order valence-corrected chi connectivity index (χ0v) is 16.8. The summed E-state index contributed by atoms with van der Waals surface area (Å²) in [6.07, 6.45) is 3.52. The highest BCUT2D eigenvalue weighted by atomic mass is 16.3. The fourth-order valence-corrected chi connectivity index (χ4v) is 3.76. The van der Waals surface area contributed by atoms with Crippen LogP contribution in [0.2, 0.25) is 0 Å². The van der Waals surface area contributed by atoms with Crippen LogP contribution in [0.5, 0.6) is 0 Å². The van der Waals surface area contributed by atoms with Crippen molar-refractivity contribution >= 4 is 11.8 Å². The third-order valence-electron chi connectivity index (χ3n) is 5.29. The first-order chi connectivity index (χ1) is 13.4. The molecule has 0 aliphatic carbocycles. The van der Waals surface area contributed by atoms with E-state index in [0.717, 1.165) is 12.0 Å². The number of piperazine rings is 1. The van der Waals surface area contributed by atoms with E-state index in [1.165, 1.54) is 5.56 Å². The molecular formula is C21H30N4O3. The molecule has 2 aliphatic rings. The molecule has 3 atom stereocenters. The van der Waals surface area contributed by atoms with Gasteiger partial charge in [-0.1, -0.05) is 43.2 Å². The van der Waals surface area contributed by atoms with E-state index >= 15 is 0 Å². The fourth-order valence-electron chi connectivity index (χ4n) is 3.76. The van der Waals surface area contributed by atoms with Crippen LogP contribution in [0.15, 0.2) is 36.0 Å². The molecule has 152 valence electrons. The van der Waals surface area contributed by atoms with Crippen LogP contribution in [0.1, 0.15) is 43.9 Å². The third-order valence-corrected chi connectivity index (χ3v) is 5.29. The summed E-state index contributed by atoms with van der Waals surface area (Å²) in [5, 5.41) is 14.1. The number of nitrogens with zero attached hydrogens (tertiary/aromatic N) is 2. The predicted octanol–water partition coefficient (Wildman–Crippen LogP) is 1.25. The normalized spacial score (nSPS) is 22.7. The van der Waals surface area contributed by atoms with Crippen LogP contribution in [0, 0.1) is 6.92 Å². The van der Waals surface area contributed by atoms with E-state index < -0.39 is 0 Å². The van der Waals surface area contributed by atoms with E-state index in [-0.39, 0.29) is 43.1 Å². The molecule has 2 amide bonds. The van der Waals surface area contributed by atoms with Gasteiger partial charge in [-0.2, -0.15) is 0 Å². The number of carbonyl (C=O) groups excluding carboxylic acids is 2. The smallest absolute Gasteiger partial charge is 0.271 e. The van der Waals surface area contributed by atoms with Crippen LogP contribution in [0.4, 0.5) is 0 Å². The monoisotopic (exact) mass is 386 g/mol. The van der Waals surface area contributed by atoms with Gasteiger partial charge >= 0.3 is 0 Å². The Kier molecular flexibility index (Phi) is 6.36. The van der Waals surface area contributed by atoms with Gasteiger partial charge in [0.1, 0.15) is 5.70 Å². The first-order valence-corrected chi connectivity index (χ1v) is 9.96. The van der Waals surface area contributed by atoms with Gasteiger partial charge < -0.3 is 15.3 Å². The zero-order valence-electron chi connectivity index (χ0n) is 16.8. The van der Waals surface area contributed by atoms with Gasteiger partial charge in [-0.3, -0.25) is 14.6 Å². The minimum atomic E-state index is -0.260. The Balaban J connectivity index is 1.69. The molecule has 2 aliphatic heterocycles. The lowest BCUT2D eigenvalue weighted by molar-refractivity contribution is -0.138. The molecule has 3 unspecified atom stereocenters. The molecule has 3 N–H and O–H groups in total. The molecule has 0 bridgehead atoms. The predicted molar refractivity (Wildman–Crippen MR) is 107 cm³/mol. The number of nitrogens with one attached hydrogen (secondary N) is 2. The van der Waals surface area contributed by atoms with E-state index in [2.05, 4.69) is 35.0 Å². The van der Waals surface area contributed by atoms with Crippen LogP contribution >= 0.6 is 0 Å². The fraction of sp³-hybridized carbons (Fsp3) is 0.524. The molecule has 28 heavy (non-hydrogen) atoms. The molecule has 0 saturated carbocycles. The van der Waals surface area contributed by atoms with Crippen LogP contribution in [0.3, 0.4) is 0 Å². The summed E-state index contributed by atoms with van der Waals surface area (Å²) in [7, 11) is 0. The molecule has 0 radical (unpaired) electrons. The number of carbonyl (C=O) groups is 2. The van der Waals surface area contributed by atoms with E-state index in [0.29, 0.717) is 18.7 Å². The van der Waals surface area contributed by atoms with E-state index in [4.69, 9.17) is 0 Å². The van der Waals surface area contributed by atoms with Crippen molar-refractivity contribution in [2.75, 3.05) is 19.7 Å². The Bertz CT molecular complexity index is 747. The van der Waals surface area contributed by atoms with Crippen molar-refractivity contribution in [1.82, 2.24) is 20.7 Å². The van der Waals surface area contributed by atoms with Crippen molar-refractivity contribution < 1.29 is 14.7 Å². The Hall–Kier alpha value is -2.38. The van der Waals surface area contributed by atoms with Gasteiger partial charge in [-0.05, 0) is 31.9 Å². The summed E-state index contributed by atoms with van der Waals surface area (Å²) in [6, 6.07) is 7.97. The quantitative estimate of drug-likeness (QED) is 0.657. The lowest BCUT2D eigenvalue weighted by atomic mass is 10.1. The van der Waals surface area contributed by atoms with Crippen molar-refractivity contribution in [1.29, 1.82) is 0 Å². The summed E-state index contributed by atoms with van der Waals surface area (Å²) in [5.74, 6) is -0.380. The van der Waals surface area contributed by atoms with Gasteiger partial charge in [0, 0.05) is 6.54 Å². The van der Waals surface area contributed by atoms with Crippen LogP contribution in [-0.2, 0) is 9.59 Å². The van der Waals surface area contributed by atoms with E-state index in [9.17, 15) is 14.7 Å². The SMILES string of the molecule is CCCC(CO)NC(=O)CN1CC(C)N2NC(c3ccc(C)cc3)C=C2C1=O. The second kappa shape index (κ2) is 8.75. The Morgan fingerprint density at radius 2 is 2.07 bits per heavy atom. The lowest BCUT2D eigenvalue weighted by Crippen LogP contribution is -2.57. The zero-order chi connectivity index (χ0) is 20.3. The van der Waals surface area contributed by atoms with Gasteiger partial charge in [-0.25, -0.2) is 5.43 Å². The first kappa shape index (κ1) is 20.4. The number of benzene rings is 1. The topological polar surface area (TPSA) is 84.9 Å². The second-order valence-electron chi connectivity index (χ2n) is 7.71. The summed E-state index contributed by atoms with van der Waals surface area (Å²) < 4.78 is 0. The molecule has 2 heterocycles. The summed E-state index contributed by atoms with van der Waals surface area (Å²) in [4.78, 5) is 26.9. The maximum atomic E-state index is 12.9. The summed E-state index contributed by atoms with van der Waals surface area (Å²) in [6.45, 7) is 6.46. The Morgan fingerprint density at radius 1 is 1.36 bits per heavy atom. The Labute approximate surface area is 166 Å². The van der Waals surface area contributed by atoms with Crippen molar-refractivity contribution in [3.05, 3.63) is 47.2 Å². The van der Waals surface area contributed by atoms with E-state index in [1.807, 2.05) is 31.9 Å². The molecule has 7 heteroatoms. The van der Waals surface area contributed by atoms with E-state index in [1.54, 1.807) is 4.90 Å². The van der Waals surface area contributed by atoms with Crippen LogP contribution in [-0.4, -0.2) is 58.6 Å². The van der Waals surface area contributed by atoms with Crippen molar-refractivity contribution in [2.45, 2.75) is 51.7 Å².